The summed E-state index contributed by atoms with van der Waals surface area (Å²) >= 11 is 0. The van der Waals surface area contributed by atoms with Crippen molar-refractivity contribution in [1.29, 1.82) is 0 Å². The maximum absolute atomic E-state index is 13.2. The molecule has 1 unspecified atom stereocenters. The summed E-state index contributed by atoms with van der Waals surface area (Å²) in [5, 5.41) is 21.2. The maximum Gasteiger partial charge on any atom is 0.409 e. The number of carboxylic acids is 2. The highest BCUT2D eigenvalue weighted by Crippen LogP contribution is 2.25. The Morgan fingerprint density at radius 3 is 2.35 bits per heavy atom. The Morgan fingerprint density at radius 1 is 1.03 bits per heavy atom. The normalized spacial score (nSPS) is 14.1. The number of carboxylic acid groups (broad SMARTS) is 2. The molecular weight excluding hydrogens is 488 g/mol. The Hall–Kier alpha value is -4.42. The van der Waals surface area contributed by atoms with Crippen molar-refractivity contribution in [1.82, 2.24) is 20.1 Å². The van der Waals surface area contributed by atoms with Crippen LogP contribution >= 0.6 is 0 Å². The van der Waals surface area contributed by atoms with E-state index in [9.17, 15) is 24.0 Å². The van der Waals surface area contributed by atoms with Crippen LogP contribution in [-0.2, 0) is 19.1 Å². The lowest BCUT2D eigenvalue weighted by Crippen LogP contribution is -2.56. The number of carbonyl (C=O) groups is 5. The van der Waals surface area contributed by atoms with Gasteiger partial charge in [-0.3, -0.25) is 14.4 Å². The average Bonchev–Trinajstić information content (AvgIpc) is 2.89. The van der Waals surface area contributed by atoms with Crippen molar-refractivity contribution in [2.75, 3.05) is 39.4 Å². The average molecular weight is 517 g/mol. The highest BCUT2D eigenvalue weighted by atomic mass is 16.6. The summed E-state index contributed by atoms with van der Waals surface area (Å²) in [6, 6.07) is 6.80. The fraction of sp³-hybridized carbons (Fsp3) is 0.417. The standard InChI is InChI=1S/C24H28N4O9/c1-2-36-24(35)28-11-9-27(10-12-28)23(34)17(7-8-20(29)30)26-22(33)18-13-19(37-14-21(31)32)15-5-3-4-6-16(15)25-18/h3-6,13,17H,2,7-12,14H2,1H3,(H,26,33)(H,29,30)(H,31,32). The summed E-state index contributed by atoms with van der Waals surface area (Å²) in [5.41, 5.74) is 0.249. The predicted octanol–water partition coefficient (Wildman–Crippen LogP) is 0.962. The molecule has 0 saturated carbocycles. The second-order valence-electron chi connectivity index (χ2n) is 8.17. The van der Waals surface area contributed by atoms with Gasteiger partial charge in [-0.2, -0.15) is 0 Å². The van der Waals surface area contributed by atoms with Crippen molar-refractivity contribution < 1.29 is 43.7 Å². The van der Waals surface area contributed by atoms with Gasteiger partial charge in [-0.25, -0.2) is 14.6 Å². The Bertz CT molecular complexity index is 1180. The molecule has 0 radical (unpaired) electrons. The minimum Gasteiger partial charge on any atom is -0.481 e. The van der Waals surface area contributed by atoms with Crippen molar-refractivity contribution in [3.05, 3.63) is 36.0 Å². The smallest absolute Gasteiger partial charge is 0.409 e. The Labute approximate surface area is 211 Å². The maximum atomic E-state index is 13.2. The van der Waals surface area contributed by atoms with Crippen molar-refractivity contribution in [2.24, 2.45) is 0 Å². The molecule has 37 heavy (non-hydrogen) atoms. The number of aliphatic carboxylic acids is 2. The number of hydrogen-bond donors (Lipinski definition) is 3. The van der Waals surface area contributed by atoms with Gasteiger partial charge in [0.15, 0.2) is 6.61 Å². The van der Waals surface area contributed by atoms with Crippen molar-refractivity contribution in [3.63, 3.8) is 0 Å². The summed E-state index contributed by atoms with van der Waals surface area (Å²) in [6.07, 6.45) is -1.00. The Kier molecular flexibility index (Phi) is 9.19. The number of ether oxygens (including phenoxy) is 2. The third-order valence-electron chi connectivity index (χ3n) is 5.63. The molecule has 13 nitrogen and oxygen atoms in total. The molecule has 13 heteroatoms. The highest BCUT2D eigenvalue weighted by molar-refractivity contribution is 5.99. The summed E-state index contributed by atoms with van der Waals surface area (Å²) in [7, 11) is 0. The van der Waals surface area contributed by atoms with Crippen LogP contribution in [0.2, 0.25) is 0 Å². The third kappa shape index (κ3) is 7.29. The van der Waals surface area contributed by atoms with Gasteiger partial charge in [0.2, 0.25) is 5.91 Å². The zero-order chi connectivity index (χ0) is 26.9. The number of piperazine rings is 1. The second kappa shape index (κ2) is 12.5. The van der Waals surface area contributed by atoms with Crippen LogP contribution in [0.3, 0.4) is 0 Å². The van der Waals surface area contributed by atoms with Crippen LogP contribution in [-0.4, -0.2) is 100 Å². The van der Waals surface area contributed by atoms with Crippen molar-refractivity contribution in [3.8, 4) is 5.75 Å². The fourth-order valence-corrected chi connectivity index (χ4v) is 3.82. The topological polar surface area (TPSA) is 176 Å². The van der Waals surface area contributed by atoms with E-state index in [1.54, 1.807) is 31.2 Å². The molecule has 3 N–H and O–H groups in total. The minimum atomic E-state index is -1.20. The number of benzene rings is 1. The molecule has 3 rings (SSSR count). The van der Waals surface area contributed by atoms with Gasteiger partial charge < -0.3 is 34.8 Å². The van der Waals surface area contributed by atoms with Crippen molar-refractivity contribution >= 4 is 40.7 Å². The van der Waals surface area contributed by atoms with Gasteiger partial charge in [0, 0.05) is 44.1 Å². The van der Waals surface area contributed by atoms with Gasteiger partial charge in [0.1, 0.15) is 17.5 Å². The number of pyridine rings is 1. The van der Waals surface area contributed by atoms with Crippen LogP contribution < -0.4 is 10.1 Å². The zero-order valence-corrected chi connectivity index (χ0v) is 20.2. The minimum absolute atomic E-state index is 0.126. The van der Waals surface area contributed by atoms with E-state index in [2.05, 4.69) is 10.3 Å². The van der Waals surface area contributed by atoms with Gasteiger partial charge >= 0.3 is 18.0 Å². The van der Waals surface area contributed by atoms with E-state index < -0.39 is 42.5 Å². The number of rotatable bonds is 10. The first-order valence-electron chi connectivity index (χ1n) is 11.7. The molecule has 0 aliphatic carbocycles. The Balaban J connectivity index is 1.77. The molecule has 3 amide bonds. The summed E-state index contributed by atoms with van der Waals surface area (Å²) in [6.45, 7) is 2.15. The molecule has 1 aliphatic heterocycles. The van der Waals surface area contributed by atoms with E-state index in [4.69, 9.17) is 19.7 Å². The SMILES string of the molecule is CCOC(=O)N1CCN(C(=O)C(CCC(=O)O)NC(=O)c2cc(OCC(=O)O)c3ccccc3n2)CC1. The number of hydrogen-bond acceptors (Lipinski definition) is 8. The second-order valence-corrected chi connectivity index (χ2v) is 8.17. The zero-order valence-electron chi connectivity index (χ0n) is 20.2. The van der Waals surface area contributed by atoms with Gasteiger partial charge in [0.25, 0.3) is 5.91 Å². The highest BCUT2D eigenvalue weighted by Gasteiger charge is 2.31. The van der Waals surface area contributed by atoms with E-state index in [0.29, 0.717) is 10.9 Å². The first-order valence-corrected chi connectivity index (χ1v) is 11.7. The molecule has 2 aromatic rings. The van der Waals surface area contributed by atoms with E-state index in [-0.39, 0.29) is 57.1 Å². The van der Waals surface area contributed by atoms with Gasteiger partial charge in [-0.1, -0.05) is 12.1 Å². The van der Waals surface area contributed by atoms with Crippen LogP contribution in [0.5, 0.6) is 5.75 Å². The number of carbonyl (C=O) groups excluding carboxylic acids is 3. The lowest BCUT2D eigenvalue weighted by Gasteiger charge is -2.35. The fourth-order valence-electron chi connectivity index (χ4n) is 3.82. The van der Waals surface area contributed by atoms with Crippen LogP contribution in [0, 0.1) is 0 Å². The molecule has 198 valence electrons. The molecule has 1 aromatic carbocycles. The number of amides is 3. The van der Waals surface area contributed by atoms with Crippen LogP contribution in [0.4, 0.5) is 4.79 Å². The first-order chi connectivity index (χ1) is 17.7. The molecule has 2 heterocycles. The van der Waals surface area contributed by atoms with E-state index in [1.807, 2.05) is 0 Å². The predicted molar refractivity (Wildman–Crippen MR) is 128 cm³/mol. The molecular formula is C24H28N4O9. The number of nitrogens with one attached hydrogen (secondary N) is 1. The summed E-state index contributed by atoms with van der Waals surface area (Å²) in [5.74, 6) is -3.44. The quantitative estimate of drug-likeness (QED) is 0.412. The largest absolute Gasteiger partial charge is 0.481 e. The first kappa shape index (κ1) is 27.2. The van der Waals surface area contributed by atoms with Crippen LogP contribution in [0.15, 0.2) is 30.3 Å². The molecule has 0 bridgehead atoms. The summed E-state index contributed by atoms with van der Waals surface area (Å²) in [4.78, 5) is 67.6. The van der Waals surface area contributed by atoms with Gasteiger partial charge in [-0.15, -0.1) is 0 Å². The van der Waals surface area contributed by atoms with Gasteiger partial charge in [-0.05, 0) is 25.5 Å². The lowest BCUT2D eigenvalue weighted by molar-refractivity contribution is -0.140. The number of fused-ring (bicyclic) bond motifs is 1. The van der Waals surface area contributed by atoms with E-state index in [0.717, 1.165) is 0 Å². The molecule has 1 aliphatic rings. The van der Waals surface area contributed by atoms with Crippen molar-refractivity contribution in [2.45, 2.75) is 25.8 Å². The molecule has 1 saturated heterocycles. The van der Waals surface area contributed by atoms with Gasteiger partial charge in [0.05, 0.1) is 12.1 Å². The van der Waals surface area contributed by atoms with Crippen LogP contribution in [0.25, 0.3) is 10.9 Å². The van der Waals surface area contributed by atoms with E-state index in [1.165, 1.54) is 15.9 Å². The number of para-hydroxylation sites is 1. The summed E-state index contributed by atoms with van der Waals surface area (Å²) < 4.78 is 10.3. The lowest BCUT2D eigenvalue weighted by atomic mass is 10.1. The number of nitrogens with zero attached hydrogens (tertiary/aromatic N) is 3. The molecule has 1 atom stereocenters. The molecule has 0 spiro atoms. The Morgan fingerprint density at radius 2 is 1.70 bits per heavy atom. The number of aromatic nitrogens is 1. The molecule has 1 fully saturated rings. The third-order valence-corrected chi connectivity index (χ3v) is 5.63. The van der Waals surface area contributed by atoms with E-state index >= 15 is 0 Å². The molecule has 1 aromatic heterocycles. The monoisotopic (exact) mass is 516 g/mol. The van der Waals surface area contributed by atoms with Crippen LogP contribution in [0.1, 0.15) is 30.3 Å².